The second kappa shape index (κ2) is 15.2. The molecule has 0 saturated heterocycles. The topological polar surface area (TPSA) is 43.7 Å². The minimum Gasteiger partial charge on any atom is -0.396 e. The van der Waals surface area contributed by atoms with Crippen molar-refractivity contribution in [1.29, 1.82) is 0 Å². The fraction of sp³-hybridized carbons (Fsp3) is 0.538. The van der Waals surface area contributed by atoms with E-state index in [0.717, 1.165) is 13.0 Å². The largest absolute Gasteiger partial charge is 0.416 e. The van der Waals surface area contributed by atoms with E-state index in [2.05, 4.69) is 4.90 Å². The maximum atomic E-state index is 12.7. The molecule has 3 rings (SSSR count). The van der Waals surface area contributed by atoms with Crippen LogP contribution in [-0.2, 0) is 19.0 Å². The number of nitrogens with zero attached hydrogens (tertiary/aromatic N) is 1. The van der Waals surface area contributed by atoms with E-state index in [4.69, 9.17) is 10.2 Å². The van der Waals surface area contributed by atoms with Gasteiger partial charge in [0.1, 0.15) is 5.82 Å². The summed E-state index contributed by atoms with van der Waals surface area (Å²) in [6.07, 6.45) is -2.25. The normalized spacial score (nSPS) is 14.6. The average molecular weight is 526 g/mol. The molecule has 2 aromatic rings. The van der Waals surface area contributed by atoms with Crippen LogP contribution in [0.5, 0.6) is 0 Å². The van der Waals surface area contributed by atoms with E-state index in [1.807, 2.05) is 26.2 Å². The minimum absolute atomic E-state index is 0.0131. The summed E-state index contributed by atoms with van der Waals surface area (Å²) in [5.74, 6) is 0.564. The molecule has 204 valence electrons. The third-order valence-corrected chi connectivity index (χ3v) is 5.54. The Morgan fingerprint density at radius 2 is 1.31 bits per heavy atom. The predicted molar refractivity (Wildman–Crippen MR) is 125 cm³/mol. The average Bonchev–Trinajstić information content (AvgIpc) is 2.83. The molecule has 1 fully saturated rings. The number of hydrogen-bond acceptors (Lipinski definition) is 3. The number of hydrogen-bond donors (Lipinski definition) is 2. The highest BCUT2D eigenvalue weighted by Crippen LogP contribution is 2.36. The molecule has 0 unspecified atom stereocenters. The van der Waals surface area contributed by atoms with Crippen LogP contribution in [0.2, 0.25) is 0 Å². The van der Waals surface area contributed by atoms with Gasteiger partial charge in [-0.25, -0.2) is 4.39 Å². The Morgan fingerprint density at radius 1 is 0.806 bits per heavy atom. The van der Waals surface area contributed by atoms with Crippen molar-refractivity contribution in [3.63, 3.8) is 0 Å². The van der Waals surface area contributed by atoms with Crippen molar-refractivity contribution in [2.75, 3.05) is 27.2 Å². The molecule has 36 heavy (non-hydrogen) atoms. The molecule has 2 aromatic carbocycles. The Balaban J connectivity index is 0.000000291. The third kappa shape index (κ3) is 12.2. The van der Waals surface area contributed by atoms with Gasteiger partial charge < -0.3 is 15.1 Å². The summed E-state index contributed by atoms with van der Waals surface area (Å²) in [6, 6.07) is 7.99. The van der Waals surface area contributed by atoms with Crippen LogP contribution in [0.15, 0.2) is 42.5 Å². The molecule has 0 spiro atoms. The smallest absolute Gasteiger partial charge is 0.396 e. The number of rotatable bonds is 5. The van der Waals surface area contributed by atoms with Gasteiger partial charge in [0.05, 0.1) is 17.7 Å². The van der Waals surface area contributed by atoms with Gasteiger partial charge >= 0.3 is 12.4 Å². The maximum absolute atomic E-state index is 12.7. The Hall–Kier alpha value is -2.17. The van der Waals surface area contributed by atoms with Crippen molar-refractivity contribution >= 4 is 0 Å². The molecule has 0 aromatic heterocycles. The first-order valence-corrected chi connectivity index (χ1v) is 11.7. The summed E-state index contributed by atoms with van der Waals surface area (Å²) in [5, 5.41) is 16.9. The van der Waals surface area contributed by atoms with Gasteiger partial charge in [-0.1, -0.05) is 31.4 Å². The quantitative estimate of drug-likeness (QED) is 0.413. The maximum Gasteiger partial charge on any atom is 0.416 e. The molecular formula is C26H34F7NO2. The zero-order valence-electron chi connectivity index (χ0n) is 20.5. The van der Waals surface area contributed by atoms with Crippen LogP contribution in [0, 0.1) is 5.82 Å². The minimum atomic E-state index is -4.87. The summed E-state index contributed by atoms with van der Waals surface area (Å²) >= 11 is 0. The summed E-state index contributed by atoms with van der Waals surface area (Å²) in [6.45, 7) is 0.404. The van der Waals surface area contributed by atoms with Crippen molar-refractivity contribution in [3.8, 4) is 0 Å². The Morgan fingerprint density at radius 3 is 1.67 bits per heavy atom. The van der Waals surface area contributed by atoms with Crippen LogP contribution in [0.1, 0.15) is 66.7 Å². The highest BCUT2D eigenvalue weighted by molar-refractivity contribution is 5.33. The molecule has 1 aliphatic rings. The lowest BCUT2D eigenvalue weighted by Crippen LogP contribution is -2.13. The van der Waals surface area contributed by atoms with Crippen LogP contribution in [0.4, 0.5) is 30.7 Å². The molecule has 0 amide bonds. The number of aliphatic hydroxyl groups is 2. The SMILES string of the molecule is CN(C)CCCO.Fc1ccc(C2CCCCC2)cc1.OCc1cc(C(F)(F)F)cc(C(F)(F)F)c1. The van der Waals surface area contributed by atoms with Crippen LogP contribution in [0.3, 0.4) is 0 Å². The van der Waals surface area contributed by atoms with E-state index in [-0.39, 0.29) is 11.9 Å². The first kappa shape index (κ1) is 31.9. The van der Waals surface area contributed by atoms with E-state index in [9.17, 15) is 30.7 Å². The molecule has 0 aliphatic heterocycles. The fourth-order valence-electron chi connectivity index (χ4n) is 3.67. The van der Waals surface area contributed by atoms with Gasteiger partial charge in [-0.3, -0.25) is 0 Å². The molecule has 10 heteroatoms. The fourth-order valence-corrected chi connectivity index (χ4v) is 3.67. The molecule has 0 radical (unpaired) electrons. The number of aliphatic hydroxyl groups excluding tert-OH is 2. The van der Waals surface area contributed by atoms with Gasteiger partial charge in [-0.2, -0.15) is 26.3 Å². The van der Waals surface area contributed by atoms with E-state index < -0.39 is 35.6 Å². The lowest BCUT2D eigenvalue weighted by molar-refractivity contribution is -0.143. The van der Waals surface area contributed by atoms with Gasteiger partial charge in [-0.05, 0) is 87.3 Å². The first-order valence-electron chi connectivity index (χ1n) is 11.7. The highest BCUT2D eigenvalue weighted by Gasteiger charge is 2.36. The second-order valence-electron chi connectivity index (χ2n) is 8.84. The Bertz CT molecular complexity index is 843. The van der Waals surface area contributed by atoms with Crippen LogP contribution >= 0.6 is 0 Å². The predicted octanol–water partition coefficient (Wildman–Crippen LogP) is 7.02. The van der Waals surface area contributed by atoms with E-state index in [1.54, 1.807) is 12.1 Å². The van der Waals surface area contributed by atoms with E-state index in [1.165, 1.54) is 37.7 Å². The van der Waals surface area contributed by atoms with Crippen molar-refractivity contribution in [2.45, 2.75) is 63.4 Å². The van der Waals surface area contributed by atoms with Crippen LogP contribution in [0.25, 0.3) is 0 Å². The van der Waals surface area contributed by atoms with Gasteiger partial charge in [0.25, 0.3) is 0 Å². The van der Waals surface area contributed by atoms with Gasteiger partial charge in [-0.15, -0.1) is 0 Å². The molecule has 0 atom stereocenters. The highest BCUT2D eigenvalue weighted by atomic mass is 19.4. The zero-order chi connectivity index (χ0) is 27.4. The standard InChI is InChI=1S/C12H15F.C9H6F6O.C5H13NO/c13-12-8-6-11(7-9-12)10-4-2-1-3-5-10;10-8(11,12)6-1-5(4-16)2-7(3-6)9(13,14)15;1-6(2)4-3-5-7/h6-10H,1-5H2;1-3,16H,4H2;7H,3-5H2,1-2H3. The molecular weight excluding hydrogens is 491 g/mol. The summed E-state index contributed by atoms with van der Waals surface area (Å²) in [4.78, 5) is 2.05. The Labute approximate surface area is 207 Å². The molecule has 3 nitrogen and oxygen atoms in total. The molecule has 2 N–H and O–H groups in total. The number of halogens is 7. The van der Waals surface area contributed by atoms with Crippen LogP contribution in [-0.4, -0.2) is 42.4 Å². The zero-order valence-corrected chi connectivity index (χ0v) is 20.5. The van der Waals surface area contributed by atoms with E-state index in [0.29, 0.717) is 24.7 Å². The summed E-state index contributed by atoms with van der Waals surface area (Å²) < 4.78 is 86.0. The third-order valence-electron chi connectivity index (χ3n) is 5.54. The monoisotopic (exact) mass is 525 g/mol. The number of alkyl halides is 6. The molecule has 1 aliphatic carbocycles. The second-order valence-corrected chi connectivity index (χ2v) is 8.84. The molecule has 0 bridgehead atoms. The summed E-state index contributed by atoms with van der Waals surface area (Å²) in [7, 11) is 3.99. The first-order chi connectivity index (χ1) is 16.8. The lowest BCUT2D eigenvalue weighted by Gasteiger charge is -2.21. The van der Waals surface area contributed by atoms with E-state index >= 15 is 0 Å². The number of benzene rings is 2. The Kier molecular flexibility index (Phi) is 13.4. The van der Waals surface area contributed by atoms with Crippen LogP contribution < -0.4 is 0 Å². The van der Waals surface area contributed by atoms with Gasteiger partial charge in [0, 0.05) is 6.61 Å². The molecule has 1 saturated carbocycles. The van der Waals surface area contributed by atoms with Crippen molar-refractivity contribution in [1.82, 2.24) is 4.90 Å². The molecule has 0 heterocycles. The van der Waals surface area contributed by atoms with Gasteiger partial charge in [0.2, 0.25) is 0 Å². The van der Waals surface area contributed by atoms with Crippen molar-refractivity contribution < 1.29 is 40.9 Å². The van der Waals surface area contributed by atoms with Gasteiger partial charge in [0.15, 0.2) is 0 Å². The summed E-state index contributed by atoms with van der Waals surface area (Å²) in [5.41, 5.74) is -1.96. The van der Waals surface area contributed by atoms with Crippen molar-refractivity contribution in [2.24, 2.45) is 0 Å². The van der Waals surface area contributed by atoms with Crippen molar-refractivity contribution in [3.05, 3.63) is 70.5 Å². The lowest BCUT2D eigenvalue weighted by atomic mass is 9.84.